The van der Waals surface area contributed by atoms with Gasteiger partial charge >= 0.3 is 6.03 Å². The second kappa shape index (κ2) is 8.15. The molecular weight excluding hydrogens is 451 g/mol. The van der Waals surface area contributed by atoms with Crippen molar-refractivity contribution in [2.24, 2.45) is 0 Å². The van der Waals surface area contributed by atoms with Gasteiger partial charge in [-0.2, -0.15) is 0 Å². The van der Waals surface area contributed by atoms with Crippen molar-refractivity contribution in [3.63, 3.8) is 0 Å². The summed E-state index contributed by atoms with van der Waals surface area (Å²) >= 11 is 1.25. The van der Waals surface area contributed by atoms with E-state index >= 15 is 0 Å². The Morgan fingerprint density at radius 2 is 1.70 bits per heavy atom. The van der Waals surface area contributed by atoms with Gasteiger partial charge in [0.2, 0.25) is 0 Å². The van der Waals surface area contributed by atoms with Gasteiger partial charge in [-0.05, 0) is 60.2 Å². The third-order valence-electron chi connectivity index (χ3n) is 5.73. The number of nitrogens with zero attached hydrogens (tertiary/aromatic N) is 2. The highest BCUT2D eigenvalue weighted by molar-refractivity contribution is 8.01. The molecule has 0 aromatic heterocycles. The van der Waals surface area contributed by atoms with Gasteiger partial charge in [0.25, 0.3) is 5.91 Å². The molecule has 0 saturated carbocycles. The van der Waals surface area contributed by atoms with Crippen LogP contribution in [0.15, 0.2) is 66.7 Å². The molecule has 2 aliphatic rings. The number of nitrogens with one attached hydrogen (secondary N) is 1. The first-order valence-corrected chi connectivity index (χ1v) is 11.2. The molecular formula is C24H18F3N3O2S. The number of amides is 3. The van der Waals surface area contributed by atoms with E-state index < -0.39 is 34.3 Å². The van der Waals surface area contributed by atoms with Gasteiger partial charge in [-0.1, -0.05) is 12.1 Å². The van der Waals surface area contributed by atoms with E-state index in [2.05, 4.69) is 5.32 Å². The third-order valence-corrected chi connectivity index (χ3v) is 7.15. The first-order valence-electron chi connectivity index (χ1n) is 10.2. The van der Waals surface area contributed by atoms with Crippen LogP contribution in [0.25, 0.3) is 0 Å². The number of hydrogen-bond donors (Lipinski definition) is 1. The fourth-order valence-corrected chi connectivity index (χ4v) is 5.74. The van der Waals surface area contributed by atoms with E-state index in [0.717, 1.165) is 0 Å². The van der Waals surface area contributed by atoms with E-state index in [4.69, 9.17) is 0 Å². The molecule has 0 bridgehead atoms. The molecule has 1 spiro atoms. The molecule has 3 aromatic carbocycles. The molecule has 1 atom stereocenters. The topological polar surface area (TPSA) is 52.7 Å². The van der Waals surface area contributed by atoms with E-state index in [0.29, 0.717) is 28.3 Å². The maximum absolute atomic E-state index is 14.3. The summed E-state index contributed by atoms with van der Waals surface area (Å²) < 4.78 is 41.3. The van der Waals surface area contributed by atoms with Crippen molar-refractivity contribution in [2.75, 3.05) is 22.5 Å². The van der Waals surface area contributed by atoms with Gasteiger partial charge < -0.3 is 10.2 Å². The molecule has 5 nitrogen and oxygen atoms in total. The van der Waals surface area contributed by atoms with Crippen molar-refractivity contribution in [1.82, 2.24) is 4.90 Å². The van der Waals surface area contributed by atoms with Crippen LogP contribution in [-0.4, -0.2) is 29.1 Å². The lowest BCUT2D eigenvalue weighted by molar-refractivity contribution is -0.123. The molecule has 0 aliphatic carbocycles. The van der Waals surface area contributed by atoms with Crippen LogP contribution in [0.5, 0.6) is 0 Å². The highest BCUT2D eigenvalue weighted by atomic mass is 32.2. The number of urea groups is 1. The van der Waals surface area contributed by atoms with Gasteiger partial charge in [-0.25, -0.2) is 18.0 Å². The van der Waals surface area contributed by atoms with Gasteiger partial charge in [0, 0.05) is 23.5 Å². The Bertz CT molecular complexity index is 1250. The van der Waals surface area contributed by atoms with E-state index in [-0.39, 0.29) is 13.1 Å². The summed E-state index contributed by atoms with van der Waals surface area (Å²) in [7, 11) is 0. The van der Waals surface area contributed by atoms with Gasteiger partial charge in [-0.15, -0.1) is 11.8 Å². The number of carbonyl (C=O) groups excluding carboxylic acids is 2. The number of halogens is 3. The highest BCUT2D eigenvalue weighted by Gasteiger charge is 2.59. The molecule has 1 fully saturated rings. The van der Waals surface area contributed by atoms with Crippen LogP contribution in [0.3, 0.4) is 0 Å². The molecule has 5 rings (SSSR count). The standard InChI is InChI=1S/C24H18F3N3O2S/c25-16-4-7-19(8-5-16)28-23(32)30-10-11-33-24(30)20-13-18(27)6-9-21(20)29(22(24)31)14-15-2-1-3-17(26)12-15/h1-9,12-13H,10-11,14H2,(H,28,32). The molecule has 2 aliphatic heterocycles. The van der Waals surface area contributed by atoms with E-state index in [1.54, 1.807) is 12.1 Å². The smallest absolute Gasteiger partial charge is 0.308 e. The highest BCUT2D eigenvalue weighted by Crippen LogP contribution is 2.54. The molecule has 1 saturated heterocycles. The van der Waals surface area contributed by atoms with Crippen molar-refractivity contribution in [3.05, 3.63) is 95.3 Å². The minimum atomic E-state index is -1.45. The number of carbonyl (C=O) groups is 2. The van der Waals surface area contributed by atoms with Crippen LogP contribution in [0.4, 0.5) is 29.3 Å². The van der Waals surface area contributed by atoms with Gasteiger partial charge in [-0.3, -0.25) is 9.69 Å². The molecule has 2 heterocycles. The van der Waals surface area contributed by atoms with E-state index in [9.17, 15) is 22.8 Å². The number of thioether (sulfide) groups is 1. The van der Waals surface area contributed by atoms with Crippen LogP contribution in [-0.2, 0) is 16.2 Å². The Balaban J connectivity index is 1.53. The molecule has 1 unspecified atom stereocenters. The Morgan fingerprint density at radius 3 is 2.45 bits per heavy atom. The normalized spacial score (nSPS) is 19.3. The molecule has 0 radical (unpaired) electrons. The second-order valence-corrected chi connectivity index (χ2v) is 9.05. The minimum Gasteiger partial charge on any atom is -0.308 e. The van der Waals surface area contributed by atoms with Crippen molar-refractivity contribution in [2.45, 2.75) is 11.4 Å². The van der Waals surface area contributed by atoms with Crippen LogP contribution in [0.1, 0.15) is 11.1 Å². The van der Waals surface area contributed by atoms with Crippen molar-refractivity contribution < 1.29 is 22.8 Å². The summed E-state index contributed by atoms with van der Waals surface area (Å²) in [5.41, 5.74) is 1.79. The van der Waals surface area contributed by atoms with Gasteiger partial charge in [0.05, 0.1) is 12.2 Å². The molecule has 1 N–H and O–H groups in total. The first-order chi connectivity index (χ1) is 15.9. The Hall–Kier alpha value is -3.46. The second-order valence-electron chi connectivity index (χ2n) is 7.76. The number of hydrogen-bond acceptors (Lipinski definition) is 3. The number of rotatable bonds is 3. The molecule has 33 heavy (non-hydrogen) atoms. The maximum Gasteiger partial charge on any atom is 0.323 e. The number of benzene rings is 3. The van der Waals surface area contributed by atoms with Crippen molar-refractivity contribution in [1.29, 1.82) is 0 Å². The molecule has 9 heteroatoms. The number of anilines is 2. The Kier molecular flexibility index (Phi) is 5.28. The SMILES string of the molecule is O=C(Nc1ccc(F)cc1)N1CCSC12C(=O)N(Cc1cccc(F)c1)c1ccc(F)cc12. The molecule has 168 valence electrons. The zero-order valence-electron chi connectivity index (χ0n) is 17.2. The zero-order valence-corrected chi connectivity index (χ0v) is 18.0. The predicted molar refractivity (Wildman–Crippen MR) is 120 cm³/mol. The molecule has 3 aromatic rings. The van der Waals surface area contributed by atoms with Crippen LogP contribution >= 0.6 is 11.8 Å². The van der Waals surface area contributed by atoms with Crippen LogP contribution in [0.2, 0.25) is 0 Å². The van der Waals surface area contributed by atoms with Gasteiger partial charge in [0.1, 0.15) is 17.5 Å². The monoisotopic (exact) mass is 469 g/mol. The fourth-order valence-electron chi connectivity index (χ4n) is 4.29. The lowest BCUT2D eigenvalue weighted by Gasteiger charge is -2.33. The van der Waals surface area contributed by atoms with Crippen LogP contribution in [0, 0.1) is 17.5 Å². The Labute approximate surface area is 192 Å². The maximum atomic E-state index is 14.3. The average molecular weight is 469 g/mol. The van der Waals surface area contributed by atoms with E-state index in [1.165, 1.54) is 76.2 Å². The van der Waals surface area contributed by atoms with Gasteiger partial charge in [0.15, 0.2) is 4.87 Å². The Morgan fingerprint density at radius 1 is 0.970 bits per heavy atom. The first kappa shape index (κ1) is 21.4. The third kappa shape index (κ3) is 3.62. The average Bonchev–Trinajstić information content (AvgIpc) is 3.33. The summed E-state index contributed by atoms with van der Waals surface area (Å²) in [5, 5.41) is 2.69. The summed E-state index contributed by atoms with van der Waals surface area (Å²) in [5.74, 6) is -1.33. The summed E-state index contributed by atoms with van der Waals surface area (Å²) in [4.78, 5) is 28.4. The minimum absolute atomic E-state index is 0.0744. The van der Waals surface area contributed by atoms with E-state index in [1.807, 2.05) is 0 Å². The lowest BCUT2D eigenvalue weighted by Crippen LogP contribution is -2.51. The van der Waals surface area contributed by atoms with Crippen molar-refractivity contribution in [3.8, 4) is 0 Å². The molecule has 3 amide bonds. The summed E-state index contributed by atoms with van der Waals surface area (Å²) in [6.45, 7) is 0.331. The van der Waals surface area contributed by atoms with Crippen LogP contribution < -0.4 is 10.2 Å². The quantitative estimate of drug-likeness (QED) is 0.582. The van der Waals surface area contributed by atoms with Crippen molar-refractivity contribution >= 4 is 35.1 Å². The summed E-state index contributed by atoms with van der Waals surface area (Å²) in [6, 6.07) is 14.7. The zero-order chi connectivity index (χ0) is 23.2. The summed E-state index contributed by atoms with van der Waals surface area (Å²) in [6.07, 6.45) is 0. The number of fused-ring (bicyclic) bond motifs is 2. The fraction of sp³-hybridized carbons (Fsp3) is 0.167. The largest absolute Gasteiger partial charge is 0.323 e. The predicted octanol–water partition coefficient (Wildman–Crippen LogP) is 5.08. The lowest BCUT2D eigenvalue weighted by atomic mass is 10.1.